The molecule has 1 aromatic rings. The van der Waals surface area contributed by atoms with E-state index in [2.05, 4.69) is 34.6 Å². The zero-order valence-electron chi connectivity index (χ0n) is 12.0. The smallest absolute Gasteiger partial charge is 0.241 e. The van der Waals surface area contributed by atoms with E-state index in [0.717, 1.165) is 31.6 Å². The predicted octanol–water partition coefficient (Wildman–Crippen LogP) is 1.75. The molecule has 1 heterocycles. The number of hydrogen-bond donors (Lipinski definition) is 2. The van der Waals surface area contributed by atoms with Crippen LogP contribution in [0, 0.1) is 6.92 Å². The lowest BCUT2D eigenvalue weighted by atomic mass is 10.1. The Hall–Kier alpha value is -1.39. The zero-order chi connectivity index (χ0) is 13.8. The van der Waals surface area contributed by atoms with Crippen LogP contribution in [-0.2, 0) is 11.3 Å². The molecule has 0 bridgehead atoms. The molecule has 2 N–H and O–H groups in total. The van der Waals surface area contributed by atoms with Gasteiger partial charge in [0.25, 0.3) is 0 Å². The van der Waals surface area contributed by atoms with Crippen molar-refractivity contribution in [1.82, 2.24) is 10.2 Å². The molecular formula is C15H23N3O. The van der Waals surface area contributed by atoms with E-state index in [1.54, 1.807) is 0 Å². The molecule has 4 heteroatoms. The van der Waals surface area contributed by atoms with E-state index in [-0.39, 0.29) is 11.9 Å². The average molecular weight is 261 g/mol. The van der Waals surface area contributed by atoms with E-state index in [4.69, 9.17) is 0 Å². The first-order valence-electron chi connectivity index (χ1n) is 6.84. The highest BCUT2D eigenvalue weighted by molar-refractivity contribution is 5.95. The quantitative estimate of drug-likeness (QED) is 0.868. The molecule has 1 fully saturated rings. The lowest BCUT2D eigenvalue weighted by Gasteiger charge is -2.15. The fourth-order valence-corrected chi connectivity index (χ4v) is 2.53. The molecular weight excluding hydrogens is 238 g/mol. The van der Waals surface area contributed by atoms with Gasteiger partial charge in [-0.2, -0.15) is 0 Å². The minimum atomic E-state index is -0.0298. The van der Waals surface area contributed by atoms with Crippen LogP contribution in [0.3, 0.4) is 0 Å². The van der Waals surface area contributed by atoms with Crippen molar-refractivity contribution in [3.63, 3.8) is 0 Å². The Morgan fingerprint density at radius 2 is 2.21 bits per heavy atom. The second-order valence-corrected chi connectivity index (χ2v) is 5.58. The number of rotatable bonds is 4. The first kappa shape index (κ1) is 14.0. The summed E-state index contributed by atoms with van der Waals surface area (Å²) in [7, 11) is 4.09. The van der Waals surface area contributed by atoms with Gasteiger partial charge in [0, 0.05) is 12.2 Å². The fraction of sp³-hybridized carbons (Fsp3) is 0.533. The Bertz CT molecular complexity index is 451. The van der Waals surface area contributed by atoms with Crippen molar-refractivity contribution < 1.29 is 4.79 Å². The van der Waals surface area contributed by atoms with Crippen molar-refractivity contribution in [3.8, 4) is 0 Å². The Kier molecular flexibility index (Phi) is 4.56. The van der Waals surface area contributed by atoms with Crippen molar-refractivity contribution in [2.45, 2.75) is 32.4 Å². The van der Waals surface area contributed by atoms with Gasteiger partial charge in [-0.1, -0.05) is 6.07 Å². The molecule has 1 atom stereocenters. The lowest BCUT2D eigenvalue weighted by molar-refractivity contribution is -0.117. The summed E-state index contributed by atoms with van der Waals surface area (Å²) in [6.07, 6.45) is 2.01. The standard InChI is InChI=1S/C15H23N3O/c1-11-7-12(10-18(2)3)9-13(8-11)17-15(19)14-5-4-6-16-14/h7-9,14,16H,4-6,10H2,1-3H3,(H,17,19). The summed E-state index contributed by atoms with van der Waals surface area (Å²) in [5.74, 6) is 0.0823. The normalized spacial score (nSPS) is 18.8. The van der Waals surface area contributed by atoms with Gasteiger partial charge in [-0.25, -0.2) is 0 Å². The van der Waals surface area contributed by atoms with Gasteiger partial charge in [-0.05, 0) is 63.7 Å². The van der Waals surface area contributed by atoms with Crippen molar-refractivity contribution in [2.75, 3.05) is 26.0 Å². The van der Waals surface area contributed by atoms with Crippen molar-refractivity contribution >= 4 is 11.6 Å². The third-order valence-corrected chi connectivity index (χ3v) is 3.28. The maximum atomic E-state index is 12.1. The third-order valence-electron chi connectivity index (χ3n) is 3.28. The Morgan fingerprint density at radius 1 is 1.42 bits per heavy atom. The van der Waals surface area contributed by atoms with Crippen LogP contribution in [0.4, 0.5) is 5.69 Å². The van der Waals surface area contributed by atoms with E-state index in [9.17, 15) is 4.79 Å². The summed E-state index contributed by atoms with van der Waals surface area (Å²) >= 11 is 0. The lowest BCUT2D eigenvalue weighted by Crippen LogP contribution is -2.35. The number of nitrogens with zero attached hydrogens (tertiary/aromatic N) is 1. The first-order valence-corrected chi connectivity index (χ1v) is 6.84. The fourth-order valence-electron chi connectivity index (χ4n) is 2.53. The summed E-state index contributed by atoms with van der Waals surface area (Å²) in [5, 5.41) is 6.24. The highest BCUT2D eigenvalue weighted by atomic mass is 16.2. The number of anilines is 1. The SMILES string of the molecule is Cc1cc(CN(C)C)cc(NC(=O)C2CCCN2)c1. The van der Waals surface area contributed by atoms with Crippen LogP contribution >= 0.6 is 0 Å². The second-order valence-electron chi connectivity index (χ2n) is 5.58. The van der Waals surface area contributed by atoms with Crippen molar-refractivity contribution in [1.29, 1.82) is 0 Å². The van der Waals surface area contributed by atoms with Crippen LogP contribution in [-0.4, -0.2) is 37.5 Å². The number of carbonyl (C=O) groups excluding carboxylic acids is 1. The van der Waals surface area contributed by atoms with Gasteiger partial charge in [-0.15, -0.1) is 0 Å². The minimum absolute atomic E-state index is 0.0298. The number of benzene rings is 1. The molecule has 104 valence electrons. The van der Waals surface area contributed by atoms with E-state index >= 15 is 0 Å². The molecule has 1 amide bonds. The molecule has 1 aliphatic heterocycles. The van der Waals surface area contributed by atoms with Gasteiger partial charge in [0.1, 0.15) is 0 Å². The molecule has 1 aromatic carbocycles. The van der Waals surface area contributed by atoms with Gasteiger partial charge in [0.2, 0.25) is 5.91 Å². The molecule has 0 radical (unpaired) electrons. The number of hydrogen-bond acceptors (Lipinski definition) is 3. The predicted molar refractivity (Wildman–Crippen MR) is 78.2 cm³/mol. The molecule has 0 saturated carbocycles. The summed E-state index contributed by atoms with van der Waals surface area (Å²) in [5.41, 5.74) is 3.30. The third kappa shape index (κ3) is 4.04. The average Bonchev–Trinajstić information content (AvgIpc) is 2.79. The van der Waals surface area contributed by atoms with Crippen molar-refractivity contribution in [2.24, 2.45) is 0 Å². The summed E-state index contributed by atoms with van der Waals surface area (Å²) in [6, 6.07) is 6.20. The molecule has 19 heavy (non-hydrogen) atoms. The van der Waals surface area contributed by atoms with E-state index in [0.29, 0.717) is 0 Å². The molecule has 1 saturated heterocycles. The first-order chi connectivity index (χ1) is 9.04. The number of aryl methyl sites for hydroxylation is 1. The zero-order valence-corrected chi connectivity index (χ0v) is 12.0. The molecule has 1 aliphatic rings. The molecule has 1 unspecified atom stereocenters. The molecule has 0 spiro atoms. The van der Waals surface area contributed by atoms with Crippen LogP contribution in [0.5, 0.6) is 0 Å². The number of carbonyl (C=O) groups is 1. The monoisotopic (exact) mass is 261 g/mol. The summed E-state index contributed by atoms with van der Waals surface area (Å²) < 4.78 is 0. The van der Waals surface area contributed by atoms with Crippen LogP contribution in [0.25, 0.3) is 0 Å². The molecule has 0 aromatic heterocycles. The summed E-state index contributed by atoms with van der Waals surface area (Å²) in [6.45, 7) is 3.88. The van der Waals surface area contributed by atoms with Gasteiger partial charge in [0.15, 0.2) is 0 Å². The van der Waals surface area contributed by atoms with E-state index in [1.165, 1.54) is 11.1 Å². The van der Waals surface area contributed by atoms with Crippen LogP contribution in [0.1, 0.15) is 24.0 Å². The van der Waals surface area contributed by atoms with Gasteiger partial charge >= 0.3 is 0 Å². The summed E-state index contributed by atoms with van der Waals surface area (Å²) in [4.78, 5) is 14.2. The van der Waals surface area contributed by atoms with Gasteiger partial charge in [0.05, 0.1) is 6.04 Å². The molecule has 4 nitrogen and oxygen atoms in total. The van der Waals surface area contributed by atoms with Gasteiger partial charge < -0.3 is 15.5 Å². The highest BCUT2D eigenvalue weighted by Crippen LogP contribution is 2.17. The second kappa shape index (κ2) is 6.17. The Labute approximate surface area is 115 Å². The minimum Gasteiger partial charge on any atom is -0.325 e. The number of amides is 1. The van der Waals surface area contributed by atoms with Crippen LogP contribution in [0.2, 0.25) is 0 Å². The maximum Gasteiger partial charge on any atom is 0.241 e. The van der Waals surface area contributed by atoms with Crippen LogP contribution < -0.4 is 10.6 Å². The highest BCUT2D eigenvalue weighted by Gasteiger charge is 2.21. The topological polar surface area (TPSA) is 44.4 Å². The Balaban J connectivity index is 2.06. The van der Waals surface area contributed by atoms with Gasteiger partial charge in [-0.3, -0.25) is 4.79 Å². The molecule has 2 rings (SSSR count). The largest absolute Gasteiger partial charge is 0.325 e. The maximum absolute atomic E-state index is 12.1. The van der Waals surface area contributed by atoms with E-state index < -0.39 is 0 Å². The van der Waals surface area contributed by atoms with E-state index in [1.807, 2.05) is 20.2 Å². The number of nitrogens with one attached hydrogen (secondary N) is 2. The van der Waals surface area contributed by atoms with Crippen molar-refractivity contribution in [3.05, 3.63) is 29.3 Å². The van der Waals surface area contributed by atoms with Crippen LogP contribution in [0.15, 0.2) is 18.2 Å². The molecule has 0 aliphatic carbocycles. The Morgan fingerprint density at radius 3 is 2.84 bits per heavy atom.